The Morgan fingerprint density at radius 2 is 2.30 bits per heavy atom. The number of hydrogen-bond acceptors (Lipinski definition) is 8. The third-order valence-electron chi connectivity index (χ3n) is 2.63. The number of rotatable bonds is 6. The first kappa shape index (κ1) is 14.9. The van der Waals surface area contributed by atoms with Gasteiger partial charge in [-0.1, -0.05) is 5.16 Å². The van der Waals surface area contributed by atoms with Crippen molar-refractivity contribution in [2.45, 2.75) is 25.2 Å². The Morgan fingerprint density at radius 3 is 2.85 bits per heavy atom. The maximum atomic E-state index is 11.5. The number of nitrogens with two attached hydrogens (primary N) is 1. The number of ketones is 1. The van der Waals surface area contributed by atoms with Crippen molar-refractivity contribution in [1.29, 1.82) is 0 Å². The normalized spacial score (nSPS) is 10.8. The molecule has 0 fully saturated rings. The summed E-state index contributed by atoms with van der Waals surface area (Å²) in [4.78, 5) is 17.2. The van der Waals surface area contributed by atoms with Gasteiger partial charge in [-0.3, -0.25) is 4.79 Å². The SMILES string of the molecule is CSc1c(NCCc2noc(C)n2)sc(C(C)=O)c1N. The lowest BCUT2D eigenvalue weighted by Crippen LogP contribution is -2.05. The lowest BCUT2D eigenvalue weighted by Gasteiger charge is -2.04. The number of Topliss-reactive ketones (excluding diaryl/α,β-unsaturated/α-hetero) is 1. The molecule has 2 heterocycles. The molecule has 0 radical (unpaired) electrons. The second-order valence-electron chi connectivity index (χ2n) is 4.17. The third kappa shape index (κ3) is 3.13. The van der Waals surface area contributed by atoms with Crippen molar-refractivity contribution in [3.63, 3.8) is 0 Å². The van der Waals surface area contributed by atoms with E-state index in [0.717, 1.165) is 9.90 Å². The monoisotopic (exact) mass is 312 g/mol. The van der Waals surface area contributed by atoms with E-state index in [0.29, 0.717) is 35.2 Å². The van der Waals surface area contributed by atoms with E-state index < -0.39 is 0 Å². The van der Waals surface area contributed by atoms with Crippen LogP contribution in [-0.4, -0.2) is 28.7 Å². The fraction of sp³-hybridized carbons (Fsp3) is 0.417. The van der Waals surface area contributed by atoms with E-state index in [2.05, 4.69) is 15.5 Å². The van der Waals surface area contributed by atoms with Crippen LogP contribution in [0.25, 0.3) is 0 Å². The van der Waals surface area contributed by atoms with Gasteiger partial charge in [0.2, 0.25) is 5.89 Å². The molecule has 20 heavy (non-hydrogen) atoms. The average molecular weight is 312 g/mol. The van der Waals surface area contributed by atoms with Crippen LogP contribution in [0.3, 0.4) is 0 Å². The minimum atomic E-state index is -0.00959. The Hall–Kier alpha value is -1.54. The van der Waals surface area contributed by atoms with Gasteiger partial charge in [0.15, 0.2) is 11.6 Å². The molecule has 0 aliphatic carbocycles. The predicted octanol–water partition coefficient (Wildman–Crippen LogP) is 2.60. The Morgan fingerprint density at radius 1 is 1.55 bits per heavy atom. The zero-order valence-electron chi connectivity index (χ0n) is 11.5. The number of nitrogens with one attached hydrogen (secondary N) is 1. The fourth-order valence-electron chi connectivity index (χ4n) is 1.74. The minimum absolute atomic E-state index is 0.00959. The average Bonchev–Trinajstić information content (AvgIpc) is 2.94. The highest BCUT2D eigenvalue weighted by Crippen LogP contribution is 2.41. The molecule has 0 bridgehead atoms. The summed E-state index contributed by atoms with van der Waals surface area (Å²) in [6, 6.07) is 0. The summed E-state index contributed by atoms with van der Waals surface area (Å²) >= 11 is 2.92. The highest BCUT2D eigenvalue weighted by atomic mass is 32.2. The molecule has 0 spiro atoms. The zero-order valence-corrected chi connectivity index (χ0v) is 13.2. The lowest BCUT2D eigenvalue weighted by atomic mass is 10.3. The zero-order chi connectivity index (χ0) is 14.7. The molecule has 0 aromatic carbocycles. The topological polar surface area (TPSA) is 94.0 Å². The van der Waals surface area contributed by atoms with Crippen molar-refractivity contribution in [1.82, 2.24) is 10.1 Å². The van der Waals surface area contributed by atoms with E-state index in [4.69, 9.17) is 10.3 Å². The summed E-state index contributed by atoms with van der Waals surface area (Å²) < 4.78 is 4.91. The van der Waals surface area contributed by atoms with Gasteiger partial charge in [0.05, 0.1) is 15.5 Å². The van der Waals surface area contributed by atoms with Gasteiger partial charge in [-0.25, -0.2) is 0 Å². The molecule has 0 aliphatic heterocycles. The van der Waals surface area contributed by atoms with Crippen LogP contribution in [-0.2, 0) is 6.42 Å². The van der Waals surface area contributed by atoms with Gasteiger partial charge >= 0.3 is 0 Å². The van der Waals surface area contributed by atoms with E-state index in [1.807, 2.05) is 6.26 Å². The van der Waals surface area contributed by atoms with Crippen molar-refractivity contribution in [3.05, 3.63) is 16.6 Å². The summed E-state index contributed by atoms with van der Waals surface area (Å²) in [5.74, 6) is 1.21. The number of thioether (sulfide) groups is 1. The number of aryl methyl sites for hydroxylation is 1. The number of carbonyl (C=O) groups excluding carboxylic acids is 1. The second-order valence-corrected chi connectivity index (χ2v) is 6.01. The number of nitrogen functional groups attached to an aromatic ring is 1. The molecule has 0 atom stereocenters. The number of carbonyl (C=O) groups is 1. The molecule has 0 aliphatic rings. The maximum Gasteiger partial charge on any atom is 0.223 e. The van der Waals surface area contributed by atoms with Crippen molar-refractivity contribution in [2.75, 3.05) is 23.9 Å². The van der Waals surface area contributed by atoms with Crippen LogP contribution in [0.4, 0.5) is 10.7 Å². The summed E-state index contributed by atoms with van der Waals surface area (Å²) in [5.41, 5.74) is 6.55. The fourth-order valence-corrected chi connectivity index (χ4v) is 3.70. The first-order valence-electron chi connectivity index (χ1n) is 6.03. The molecule has 0 saturated carbocycles. The quantitative estimate of drug-likeness (QED) is 0.625. The highest BCUT2D eigenvalue weighted by Gasteiger charge is 2.18. The first-order chi connectivity index (χ1) is 9.52. The molecule has 0 unspecified atom stereocenters. The standard InChI is InChI=1S/C12H16N4O2S2/c1-6(17)10-9(13)11(19-3)12(20-10)14-5-4-8-15-7(2)18-16-8/h14H,4-5,13H2,1-3H3. The lowest BCUT2D eigenvalue weighted by molar-refractivity contribution is 0.102. The smallest absolute Gasteiger partial charge is 0.223 e. The van der Waals surface area contributed by atoms with E-state index in [1.54, 1.807) is 6.92 Å². The van der Waals surface area contributed by atoms with Crippen LogP contribution in [0, 0.1) is 6.92 Å². The van der Waals surface area contributed by atoms with Gasteiger partial charge < -0.3 is 15.6 Å². The summed E-state index contributed by atoms with van der Waals surface area (Å²) in [7, 11) is 0. The molecule has 2 aromatic rings. The third-order valence-corrected chi connectivity index (χ3v) is 4.85. The van der Waals surface area contributed by atoms with Gasteiger partial charge in [0.25, 0.3) is 0 Å². The van der Waals surface area contributed by atoms with Crippen molar-refractivity contribution >= 4 is 39.6 Å². The minimum Gasteiger partial charge on any atom is -0.396 e. The van der Waals surface area contributed by atoms with Crippen LogP contribution in [0.15, 0.2) is 9.42 Å². The van der Waals surface area contributed by atoms with Gasteiger partial charge in [0.1, 0.15) is 5.00 Å². The van der Waals surface area contributed by atoms with Crippen LogP contribution in [0.5, 0.6) is 0 Å². The van der Waals surface area contributed by atoms with E-state index in [-0.39, 0.29) is 5.78 Å². The molecular weight excluding hydrogens is 296 g/mol. The molecule has 0 saturated heterocycles. The Bertz CT molecular complexity index is 621. The molecule has 108 valence electrons. The number of nitrogens with zero attached hydrogens (tertiary/aromatic N) is 2. The van der Waals surface area contributed by atoms with E-state index >= 15 is 0 Å². The summed E-state index contributed by atoms with van der Waals surface area (Å²) in [6.07, 6.45) is 2.59. The number of aromatic nitrogens is 2. The Labute approximate surface area is 125 Å². The van der Waals surface area contributed by atoms with E-state index in [9.17, 15) is 4.79 Å². The molecule has 8 heteroatoms. The molecule has 6 nitrogen and oxygen atoms in total. The summed E-state index contributed by atoms with van der Waals surface area (Å²) in [5, 5.41) is 8.03. The molecule has 2 aromatic heterocycles. The second kappa shape index (κ2) is 6.27. The van der Waals surface area contributed by atoms with Crippen LogP contribution in [0.2, 0.25) is 0 Å². The van der Waals surface area contributed by atoms with Crippen LogP contribution in [0.1, 0.15) is 28.3 Å². The molecular formula is C12H16N4O2S2. The molecule has 3 N–H and O–H groups in total. The van der Waals surface area contributed by atoms with Gasteiger partial charge in [0, 0.05) is 26.8 Å². The Kier molecular flexibility index (Phi) is 4.66. The number of hydrogen-bond donors (Lipinski definition) is 2. The van der Waals surface area contributed by atoms with Gasteiger partial charge in [-0.15, -0.1) is 23.1 Å². The van der Waals surface area contributed by atoms with Crippen molar-refractivity contribution in [2.24, 2.45) is 0 Å². The van der Waals surface area contributed by atoms with Crippen LogP contribution < -0.4 is 11.1 Å². The van der Waals surface area contributed by atoms with Crippen molar-refractivity contribution in [3.8, 4) is 0 Å². The maximum absolute atomic E-state index is 11.5. The van der Waals surface area contributed by atoms with Gasteiger partial charge in [-0.2, -0.15) is 4.98 Å². The number of anilines is 2. The van der Waals surface area contributed by atoms with Crippen LogP contribution >= 0.6 is 23.1 Å². The largest absolute Gasteiger partial charge is 0.396 e. The van der Waals surface area contributed by atoms with Gasteiger partial charge in [-0.05, 0) is 6.26 Å². The summed E-state index contributed by atoms with van der Waals surface area (Å²) in [6.45, 7) is 3.94. The number of thiophene rings is 1. The Balaban J connectivity index is 2.05. The highest BCUT2D eigenvalue weighted by molar-refractivity contribution is 7.99. The molecule has 0 amide bonds. The first-order valence-corrected chi connectivity index (χ1v) is 8.07. The molecule has 2 rings (SSSR count). The predicted molar refractivity (Wildman–Crippen MR) is 81.7 cm³/mol. The van der Waals surface area contributed by atoms with Crippen molar-refractivity contribution < 1.29 is 9.32 Å². The van der Waals surface area contributed by atoms with E-state index in [1.165, 1.54) is 30.0 Å².